The number of aromatic nitrogens is 1. The Balaban J connectivity index is 1.44. The third-order valence-electron chi connectivity index (χ3n) is 6.64. The second kappa shape index (κ2) is 6.01. The van der Waals surface area contributed by atoms with Crippen LogP contribution in [0.1, 0.15) is 45.4 Å². The van der Waals surface area contributed by atoms with Crippen LogP contribution in [-0.2, 0) is 11.3 Å². The number of carbonyl (C=O) groups is 1. The summed E-state index contributed by atoms with van der Waals surface area (Å²) in [5.74, 6) is 2.58. The summed E-state index contributed by atoms with van der Waals surface area (Å²) in [6.45, 7) is 2.27. The first-order valence-corrected chi connectivity index (χ1v) is 9.88. The van der Waals surface area contributed by atoms with Crippen molar-refractivity contribution in [1.82, 2.24) is 9.88 Å². The van der Waals surface area contributed by atoms with E-state index in [1.165, 1.54) is 49.2 Å². The highest BCUT2D eigenvalue weighted by Gasteiger charge is 2.53. The van der Waals surface area contributed by atoms with Gasteiger partial charge in [-0.1, -0.05) is 0 Å². The van der Waals surface area contributed by atoms with Crippen LogP contribution in [0.3, 0.4) is 0 Å². The maximum Gasteiger partial charge on any atom is 0.251 e. The lowest BCUT2D eigenvalue weighted by atomic mass is 9.48. The molecule has 1 aromatic rings. The fourth-order valence-electron chi connectivity index (χ4n) is 5.93. The summed E-state index contributed by atoms with van der Waals surface area (Å²) in [6.07, 6.45) is 9.73. The molecule has 1 unspecified atom stereocenters. The minimum atomic E-state index is -0.143. The van der Waals surface area contributed by atoms with Crippen LogP contribution in [0, 0.1) is 23.2 Å². The molecule has 4 fully saturated rings. The number of nitrogens with zero attached hydrogens (tertiary/aromatic N) is 1. The van der Waals surface area contributed by atoms with Crippen LogP contribution in [0.2, 0.25) is 0 Å². The molecule has 1 atom stereocenters. The van der Waals surface area contributed by atoms with Crippen molar-refractivity contribution in [3.8, 4) is 0 Å². The molecule has 24 heavy (non-hydrogen) atoms. The van der Waals surface area contributed by atoms with Gasteiger partial charge in [0.15, 0.2) is 0 Å². The monoisotopic (exact) mass is 392 g/mol. The normalized spacial score (nSPS) is 35.0. The van der Waals surface area contributed by atoms with Gasteiger partial charge in [0.05, 0.1) is 0 Å². The molecule has 4 aliphatic rings. The number of amides is 1. The molecular formula is C19H25BrN2O2. The molecule has 5 rings (SSSR count). The molecule has 0 aromatic carbocycles. The fourth-order valence-corrected chi connectivity index (χ4v) is 6.31. The number of nitrogens with one attached hydrogen (secondary N) is 1. The van der Waals surface area contributed by atoms with E-state index in [-0.39, 0.29) is 24.1 Å². The van der Waals surface area contributed by atoms with Gasteiger partial charge in [0, 0.05) is 22.8 Å². The second-order valence-electron chi connectivity index (χ2n) is 8.38. The van der Waals surface area contributed by atoms with E-state index < -0.39 is 0 Å². The van der Waals surface area contributed by atoms with Gasteiger partial charge in [-0.05, 0) is 90.6 Å². The van der Waals surface area contributed by atoms with Gasteiger partial charge in [-0.2, -0.15) is 0 Å². The van der Waals surface area contributed by atoms with Crippen molar-refractivity contribution >= 4 is 21.8 Å². The molecule has 4 aliphatic carbocycles. The standard InChI is InChI=1S/C19H25BrN2O2/c1-12(19-7-13-4-14(8-19)6-15(5-13)9-19)21-17(23)11-22-10-16(20)2-3-18(22)24/h2-3,10,12-15H,4-9,11H2,1H3,(H,21,23). The predicted molar refractivity (Wildman–Crippen MR) is 96.6 cm³/mol. The zero-order chi connectivity index (χ0) is 16.9. The van der Waals surface area contributed by atoms with Crippen LogP contribution >= 0.6 is 15.9 Å². The summed E-state index contributed by atoms with van der Waals surface area (Å²) in [4.78, 5) is 24.4. The molecule has 1 heterocycles. The van der Waals surface area contributed by atoms with Crippen molar-refractivity contribution in [2.45, 2.75) is 58.0 Å². The van der Waals surface area contributed by atoms with Crippen molar-refractivity contribution in [2.24, 2.45) is 23.2 Å². The highest BCUT2D eigenvalue weighted by molar-refractivity contribution is 9.10. The third kappa shape index (κ3) is 2.96. The molecule has 1 amide bonds. The Labute approximate surface area is 151 Å². The zero-order valence-electron chi connectivity index (χ0n) is 14.1. The number of hydrogen-bond donors (Lipinski definition) is 1. The Morgan fingerprint density at radius 2 is 1.83 bits per heavy atom. The largest absolute Gasteiger partial charge is 0.352 e. The summed E-state index contributed by atoms with van der Waals surface area (Å²) in [7, 11) is 0. The fraction of sp³-hybridized carbons (Fsp3) is 0.684. The maximum absolute atomic E-state index is 12.5. The summed E-state index contributed by atoms with van der Waals surface area (Å²) >= 11 is 3.35. The Morgan fingerprint density at radius 1 is 1.25 bits per heavy atom. The Hall–Kier alpha value is -1.10. The van der Waals surface area contributed by atoms with Crippen LogP contribution in [-0.4, -0.2) is 16.5 Å². The molecule has 1 aromatic heterocycles. The summed E-state index contributed by atoms with van der Waals surface area (Å²) in [5, 5.41) is 3.22. The van der Waals surface area contributed by atoms with Gasteiger partial charge in [-0.3, -0.25) is 9.59 Å². The van der Waals surface area contributed by atoms with Gasteiger partial charge in [-0.25, -0.2) is 0 Å². The molecule has 0 spiro atoms. The van der Waals surface area contributed by atoms with Crippen molar-refractivity contribution in [3.05, 3.63) is 33.2 Å². The molecular weight excluding hydrogens is 368 g/mol. The summed E-state index contributed by atoms with van der Waals surface area (Å²) in [6, 6.07) is 3.38. The summed E-state index contributed by atoms with van der Waals surface area (Å²) in [5.41, 5.74) is 0.155. The average molecular weight is 393 g/mol. The zero-order valence-corrected chi connectivity index (χ0v) is 15.7. The van der Waals surface area contributed by atoms with Crippen LogP contribution in [0.15, 0.2) is 27.6 Å². The lowest BCUT2D eigenvalue weighted by Crippen LogP contribution is -2.56. The van der Waals surface area contributed by atoms with E-state index in [1.54, 1.807) is 12.3 Å². The second-order valence-corrected chi connectivity index (χ2v) is 9.30. The van der Waals surface area contributed by atoms with Crippen LogP contribution in [0.25, 0.3) is 0 Å². The van der Waals surface area contributed by atoms with Crippen molar-refractivity contribution in [3.63, 3.8) is 0 Å². The van der Waals surface area contributed by atoms with Crippen LogP contribution < -0.4 is 10.9 Å². The van der Waals surface area contributed by atoms with E-state index in [0.717, 1.165) is 22.2 Å². The SMILES string of the molecule is CC(NC(=O)Cn1cc(Br)ccc1=O)C12CC3CC(CC(C3)C1)C2. The highest BCUT2D eigenvalue weighted by Crippen LogP contribution is 2.61. The first-order valence-electron chi connectivity index (χ1n) is 9.09. The third-order valence-corrected chi connectivity index (χ3v) is 7.11. The predicted octanol–water partition coefficient (Wildman–Crippen LogP) is 3.33. The van der Waals surface area contributed by atoms with Crippen molar-refractivity contribution in [1.29, 1.82) is 0 Å². The Bertz CT molecular complexity index is 676. The van der Waals surface area contributed by atoms with Gasteiger partial charge in [-0.15, -0.1) is 0 Å². The van der Waals surface area contributed by atoms with Crippen LogP contribution in [0.4, 0.5) is 0 Å². The molecule has 130 valence electrons. The molecule has 0 aliphatic heterocycles. The molecule has 4 nitrogen and oxygen atoms in total. The van der Waals surface area contributed by atoms with Crippen molar-refractivity contribution < 1.29 is 4.79 Å². The van der Waals surface area contributed by atoms with Gasteiger partial charge in [0.2, 0.25) is 5.91 Å². The maximum atomic E-state index is 12.5. The lowest BCUT2D eigenvalue weighted by Gasteiger charge is -2.59. The van der Waals surface area contributed by atoms with Crippen LogP contribution in [0.5, 0.6) is 0 Å². The first-order chi connectivity index (χ1) is 11.4. The molecule has 4 bridgehead atoms. The quantitative estimate of drug-likeness (QED) is 0.853. The smallest absolute Gasteiger partial charge is 0.251 e. The highest BCUT2D eigenvalue weighted by atomic mass is 79.9. The number of carbonyl (C=O) groups excluding carboxylic acids is 1. The topological polar surface area (TPSA) is 51.1 Å². The van der Waals surface area contributed by atoms with Gasteiger partial charge < -0.3 is 9.88 Å². The van der Waals surface area contributed by atoms with E-state index in [4.69, 9.17) is 0 Å². The summed E-state index contributed by atoms with van der Waals surface area (Å²) < 4.78 is 2.27. The van der Waals surface area contributed by atoms with E-state index >= 15 is 0 Å². The van der Waals surface area contributed by atoms with E-state index in [0.29, 0.717) is 5.41 Å². The van der Waals surface area contributed by atoms with Crippen molar-refractivity contribution in [2.75, 3.05) is 0 Å². The van der Waals surface area contributed by atoms with E-state index in [1.807, 2.05) is 0 Å². The minimum absolute atomic E-state index is 0.0570. The molecule has 1 N–H and O–H groups in total. The molecule has 5 heteroatoms. The average Bonchev–Trinajstić information content (AvgIpc) is 2.49. The number of pyridine rings is 1. The molecule has 0 saturated heterocycles. The van der Waals surface area contributed by atoms with Gasteiger partial charge >= 0.3 is 0 Å². The van der Waals surface area contributed by atoms with E-state index in [9.17, 15) is 9.59 Å². The number of rotatable bonds is 4. The Morgan fingerprint density at radius 3 is 2.42 bits per heavy atom. The first kappa shape index (κ1) is 16.4. The molecule has 4 saturated carbocycles. The van der Waals surface area contributed by atoms with Gasteiger partial charge in [0.25, 0.3) is 5.56 Å². The van der Waals surface area contributed by atoms with Gasteiger partial charge in [0.1, 0.15) is 6.54 Å². The van der Waals surface area contributed by atoms with E-state index in [2.05, 4.69) is 28.2 Å². The lowest BCUT2D eigenvalue weighted by molar-refractivity contribution is -0.126. The minimum Gasteiger partial charge on any atom is -0.352 e. The Kier molecular flexibility index (Phi) is 4.10. The molecule has 0 radical (unpaired) electrons. The number of halogens is 1. The number of hydrogen-bond acceptors (Lipinski definition) is 2.